The molecule has 0 aliphatic carbocycles. The Bertz CT molecular complexity index is 1290. The lowest BCUT2D eigenvalue weighted by Gasteiger charge is -2.51. The number of fused-ring (bicyclic) bond motifs is 3. The van der Waals surface area contributed by atoms with Gasteiger partial charge in [0, 0.05) is 18.8 Å². The topological polar surface area (TPSA) is 46.6 Å². The Hall–Kier alpha value is -2.76. The van der Waals surface area contributed by atoms with E-state index in [1.54, 1.807) is 6.07 Å². The molecule has 3 aliphatic rings. The summed E-state index contributed by atoms with van der Waals surface area (Å²) in [6, 6.07) is 10.4. The average molecular weight is 613 g/mol. The van der Waals surface area contributed by atoms with E-state index in [1.807, 2.05) is 11.4 Å². The summed E-state index contributed by atoms with van der Waals surface area (Å²) in [5, 5.41) is 1.86. The van der Waals surface area contributed by atoms with Crippen molar-refractivity contribution in [2.45, 2.75) is 25.5 Å². The third-order valence-corrected chi connectivity index (χ3v) is 8.20. The highest BCUT2D eigenvalue weighted by Crippen LogP contribution is 2.36. The normalized spacial score (nSPS) is 22.0. The highest BCUT2D eigenvalue weighted by molar-refractivity contribution is 7.12. The van der Waals surface area contributed by atoms with Gasteiger partial charge in [0.2, 0.25) is 5.78 Å². The lowest BCUT2D eigenvalue weighted by Crippen LogP contribution is -3.00. The van der Waals surface area contributed by atoms with Crippen molar-refractivity contribution in [3.8, 4) is 0 Å². The number of Topliss-reactive ketones (excluding diaryl/α,β-unsaturated/α-hetero) is 1. The Kier molecular flexibility index (Phi) is 8.59. The number of rotatable bonds is 7. The van der Waals surface area contributed by atoms with E-state index in [4.69, 9.17) is 4.74 Å². The Labute approximate surface area is 232 Å². The fourth-order valence-electron chi connectivity index (χ4n) is 5.38. The first-order chi connectivity index (χ1) is 17.7. The predicted octanol–water partition coefficient (Wildman–Crippen LogP) is 2.94. The highest BCUT2D eigenvalue weighted by atomic mass is 79.9. The van der Waals surface area contributed by atoms with Crippen LogP contribution in [0.5, 0.6) is 0 Å². The molecule has 0 saturated carbocycles. The number of benzene rings is 2. The maximum atomic E-state index is 14.0. The van der Waals surface area contributed by atoms with Crippen LogP contribution >= 0.6 is 11.3 Å². The molecule has 3 aliphatic heterocycles. The Morgan fingerprint density at radius 3 is 2.34 bits per heavy atom. The number of carbonyl (C=O) groups is 2. The van der Waals surface area contributed by atoms with Gasteiger partial charge < -0.3 is 26.2 Å². The minimum absolute atomic E-state index is 0. The smallest absolute Gasteiger partial charge is 0.415 e. The van der Waals surface area contributed by atoms with Gasteiger partial charge in [0.05, 0.1) is 30.2 Å². The van der Waals surface area contributed by atoms with Gasteiger partial charge in [-0.3, -0.25) is 9.69 Å². The van der Waals surface area contributed by atoms with Gasteiger partial charge in [0.15, 0.2) is 23.6 Å². The largest absolute Gasteiger partial charge is 1.00 e. The zero-order valence-corrected chi connectivity index (χ0v) is 22.6. The molecule has 0 radical (unpaired) electrons. The number of ketones is 1. The fraction of sp³-hybridized carbons (Fsp3) is 0.333. The second-order valence-corrected chi connectivity index (χ2v) is 10.7. The molecule has 1 unspecified atom stereocenters. The monoisotopic (exact) mass is 612 g/mol. The third-order valence-electron chi connectivity index (χ3n) is 7.29. The van der Waals surface area contributed by atoms with Crippen LogP contribution < -0.4 is 21.9 Å². The van der Waals surface area contributed by atoms with E-state index < -0.39 is 35.5 Å². The van der Waals surface area contributed by atoms with E-state index in [9.17, 15) is 27.2 Å². The van der Waals surface area contributed by atoms with Crippen LogP contribution in [0.1, 0.15) is 28.1 Å². The maximum absolute atomic E-state index is 14.0. The molecular formula is C27H25BrF4N2O3S. The van der Waals surface area contributed by atoms with Crippen molar-refractivity contribution in [2.75, 3.05) is 31.1 Å². The van der Waals surface area contributed by atoms with Crippen molar-refractivity contribution in [1.82, 2.24) is 0 Å². The second kappa shape index (κ2) is 11.5. The number of thiophene rings is 1. The summed E-state index contributed by atoms with van der Waals surface area (Å²) in [5.74, 6) is -4.81. The summed E-state index contributed by atoms with van der Waals surface area (Å²) in [6.45, 7) is 2.08. The van der Waals surface area contributed by atoms with Crippen molar-refractivity contribution in [3.05, 3.63) is 87.6 Å². The van der Waals surface area contributed by atoms with Crippen LogP contribution in [0.15, 0.2) is 53.9 Å². The van der Waals surface area contributed by atoms with Crippen molar-refractivity contribution >= 4 is 28.9 Å². The van der Waals surface area contributed by atoms with Gasteiger partial charge in [0.1, 0.15) is 18.9 Å². The zero-order chi connectivity index (χ0) is 26.2. The molecule has 11 heteroatoms. The van der Waals surface area contributed by atoms with Crippen LogP contribution in [0.25, 0.3) is 0 Å². The molecule has 2 bridgehead atoms. The van der Waals surface area contributed by atoms with Crippen LogP contribution in [0.4, 0.5) is 28.0 Å². The van der Waals surface area contributed by atoms with Crippen LogP contribution in [-0.4, -0.2) is 48.6 Å². The molecule has 1 amide bonds. The molecule has 0 N–H and O–H groups in total. The molecule has 1 atom stereocenters. The van der Waals surface area contributed by atoms with Crippen LogP contribution in [0.3, 0.4) is 0 Å². The molecule has 3 saturated heterocycles. The average Bonchev–Trinajstić information content (AvgIpc) is 3.41. The molecule has 202 valence electrons. The summed E-state index contributed by atoms with van der Waals surface area (Å²) in [5.41, 5.74) is 0.116. The van der Waals surface area contributed by atoms with E-state index in [2.05, 4.69) is 0 Å². The number of anilines is 1. The number of amides is 1. The maximum Gasteiger partial charge on any atom is 0.415 e. The van der Waals surface area contributed by atoms with Crippen molar-refractivity contribution in [3.63, 3.8) is 0 Å². The second-order valence-electron chi connectivity index (χ2n) is 9.73. The van der Waals surface area contributed by atoms with Gasteiger partial charge in [-0.1, -0.05) is 12.1 Å². The molecule has 3 aromatic rings. The van der Waals surface area contributed by atoms with E-state index >= 15 is 0 Å². The number of nitrogens with zero attached hydrogens (tertiary/aromatic N) is 2. The molecule has 4 heterocycles. The van der Waals surface area contributed by atoms with Gasteiger partial charge in [-0.25, -0.2) is 22.4 Å². The summed E-state index contributed by atoms with van der Waals surface area (Å²) >= 11 is 1.40. The number of piperidine rings is 3. The third kappa shape index (κ3) is 5.94. The summed E-state index contributed by atoms with van der Waals surface area (Å²) in [7, 11) is 0. The predicted molar refractivity (Wildman–Crippen MR) is 130 cm³/mol. The van der Waals surface area contributed by atoms with Gasteiger partial charge in [-0.05, 0) is 47.3 Å². The van der Waals surface area contributed by atoms with E-state index in [1.165, 1.54) is 29.5 Å². The van der Waals surface area contributed by atoms with Crippen LogP contribution in [-0.2, 0) is 11.3 Å². The van der Waals surface area contributed by atoms with Gasteiger partial charge >= 0.3 is 6.09 Å². The Morgan fingerprint density at radius 2 is 1.71 bits per heavy atom. The molecule has 6 rings (SSSR count). The molecule has 0 spiro atoms. The van der Waals surface area contributed by atoms with Crippen LogP contribution in [0.2, 0.25) is 0 Å². The molecule has 2 aromatic carbocycles. The fourth-order valence-corrected chi connectivity index (χ4v) is 6.03. The number of hydrogen-bond acceptors (Lipinski definition) is 4. The first-order valence-corrected chi connectivity index (χ1v) is 12.9. The number of carbonyl (C=O) groups excluding carboxylic acids is 2. The minimum Gasteiger partial charge on any atom is -1.00 e. The molecule has 38 heavy (non-hydrogen) atoms. The zero-order valence-electron chi connectivity index (χ0n) is 20.2. The quantitative estimate of drug-likeness (QED) is 0.178. The van der Waals surface area contributed by atoms with Crippen molar-refractivity contribution < 1.29 is 53.4 Å². The molecular weight excluding hydrogens is 588 g/mol. The Morgan fingerprint density at radius 1 is 1.00 bits per heavy atom. The van der Waals surface area contributed by atoms with Gasteiger partial charge in [-0.2, -0.15) is 0 Å². The van der Waals surface area contributed by atoms with E-state index in [-0.39, 0.29) is 46.5 Å². The van der Waals surface area contributed by atoms with Crippen molar-refractivity contribution in [1.29, 1.82) is 0 Å². The highest BCUT2D eigenvalue weighted by Gasteiger charge is 2.49. The summed E-state index contributed by atoms with van der Waals surface area (Å²) in [6.07, 6.45) is 0.315. The summed E-state index contributed by atoms with van der Waals surface area (Å²) < 4.78 is 61.6. The summed E-state index contributed by atoms with van der Waals surface area (Å²) in [4.78, 5) is 28.0. The lowest BCUT2D eigenvalue weighted by molar-refractivity contribution is -0.938. The van der Waals surface area contributed by atoms with Crippen LogP contribution in [0, 0.1) is 29.2 Å². The lowest BCUT2D eigenvalue weighted by atomic mass is 9.83. The number of hydrogen-bond donors (Lipinski definition) is 0. The molecule has 1 aromatic heterocycles. The standard InChI is InChI=1S/C27H25F4N2O3S.BrH/c28-19-3-1-4-20(13-19)32(14-17-11-21(29)26(31)22(30)12-17)27(35)36-24-16-33(8-6-18(24)7-9-33)15-23(34)25-5-2-10-37-25;/h1-5,10-13,18,24H,6-9,14-16H2;1H/q+1;/p-1. The van der Waals surface area contributed by atoms with Gasteiger partial charge in [-0.15, -0.1) is 11.3 Å². The van der Waals surface area contributed by atoms with E-state index in [0.717, 1.165) is 49.0 Å². The number of halogens is 5. The molecule has 3 fully saturated rings. The van der Waals surface area contributed by atoms with Gasteiger partial charge in [0.25, 0.3) is 0 Å². The van der Waals surface area contributed by atoms with Crippen molar-refractivity contribution in [2.24, 2.45) is 5.92 Å². The first-order valence-electron chi connectivity index (χ1n) is 12.0. The minimum atomic E-state index is -1.61. The first kappa shape index (κ1) is 28.3. The number of ether oxygens (including phenoxy) is 1. The number of quaternary nitrogens is 1. The SMILES string of the molecule is O=C(C[N+]12CCC(CC1)C(OC(=O)N(Cc1cc(F)c(F)c(F)c1)c1cccc(F)c1)C2)c1cccs1.[Br-]. The molecule has 5 nitrogen and oxygen atoms in total. The Balaban J connectivity index is 0.00000336. The van der Waals surface area contributed by atoms with E-state index in [0.29, 0.717) is 22.4 Å².